The molecule has 0 spiro atoms. The second-order valence-electron chi connectivity index (χ2n) is 3.40. The third-order valence-corrected chi connectivity index (χ3v) is 2.97. The molecule has 0 aliphatic heterocycles. The normalized spacial score (nSPS) is 10.2. The number of nitrogens with two attached hydrogens (primary N) is 1. The lowest BCUT2D eigenvalue weighted by atomic mass is 10.2. The van der Waals surface area contributed by atoms with Crippen molar-refractivity contribution in [3.8, 4) is 0 Å². The van der Waals surface area contributed by atoms with Crippen LogP contribution in [0.5, 0.6) is 0 Å². The molecule has 1 aromatic heterocycles. The summed E-state index contributed by atoms with van der Waals surface area (Å²) < 4.78 is 0. The van der Waals surface area contributed by atoms with Crippen LogP contribution in [-0.2, 0) is 6.54 Å². The molecular weight excluding hydrogens is 206 g/mol. The summed E-state index contributed by atoms with van der Waals surface area (Å²) in [4.78, 5) is 5.26. The number of hydrogen-bond donors (Lipinski definition) is 2. The van der Waals surface area contributed by atoms with Gasteiger partial charge in [-0.1, -0.05) is 0 Å². The lowest BCUT2D eigenvalue weighted by Gasteiger charge is -2.08. The lowest BCUT2D eigenvalue weighted by molar-refractivity contribution is 1.16. The highest BCUT2D eigenvalue weighted by molar-refractivity contribution is 7.09. The van der Waals surface area contributed by atoms with E-state index in [0.29, 0.717) is 0 Å². The number of aryl methyl sites for hydroxylation is 1. The predicted molar refractivity (Wildman–Crippen MR) is 65.0 cm³/mol. The van der Waals surface area contributed by atoms with Gasteiger partial charge in [0.2, 0.25) is 0 Å². The van der Waals surface area contributed by atoms with E-state index in [4.69, 9.17) is 5.73 Å². The molecule has 2 rings (SSSR count). The first-order valence-corrected chi connectivity index (χ1v) is 5.61. The van der Waals surface area contributed by atoms with Crippen molar-refractivity contribution in [3.05, 3.63) is 40.3 Å². The molecule has 0 unspecified atom stereocenters. The van der Waals surface area contributed by atoms with Crippen molar-refractivity contribution < 1.29 is 0 Å². The topological polar surface area (TPSA) is 50.9 Å². The maximum atomic E-state index is 5.68. The Morgan fingerprint density at radius 3 is 3.00 bits per heavy atom. The van der Waals surface area contributed by atoms with Gasteiger partial charge >= 0.3 is 0 Å². The van der Waals surface area contributed by atoms with E-state index in [-0.39, 0.29) is 0 Å². The van der Waals surface area contributed by atoms with Crippen molar-refractivity contribution in [1.29, 1.82) is 0 Å². The summed E-state index contributed by atoms with van der Waals surface area (Å²) in [5.74, 6) is 0. The van der Waals surface area contributed by atoms with Crippen molar-refractivity contribution in [2.24, 2.45) is 0 Å². The Kier molecular flexibility index (Phi) is 2.87. The molecule has 0 bridgehead atoms. The monoisotopic (exact) mass is 219 g/mol. The van der Waals surface area contributed by atoms with Gasteiger partial charge in [-0.15, -0.1) is 11.3 Å². The fraction of sp³-hybridized carbons (Fsp3) is 0.182. The highest BCUT2D eigenvalue weighted by atomic mass is 32.1. The first kappa shape index (κ1) is 9.98. The van der Waals surface area contributed by atoms with E-state index in [2.05, 4.69) is 10.3 Å². The molecule has 15 heavy (non-hydrogen) atoms. The Balaban J connectivity index is 2.05. The molecule has 0 saturated carbocycles. The molecule has 0 amide bonds. The van der Waals surface area contributed by atoms with Crippen LogP contribution in [0, 0.1) is 6.92 Å². The van der Waals surface area contributed by atoms with Gasteiger partial charge in [-0.3, -0.25) is 4.98 Å². The summed E-state index contributed by atoms with van der Waals surface area (Å²) in [6, 6.07) is 5.88. The van der Waals surface area contributed by atoms with Crippen molar-refractivity contribution >= 4 is 22.7 Å². The molecule has 0 fully saturated rings. The van der Waals surface area contributed by atoms with Crippen LogP contribution in [-0.4, -0.2) is 4.98 Å². The van der Waals surface area contributed by atoms with Gasteiger partial charge < -0.3 is 11.1 Å². The zero-order valence-electron chi connectivity index (χ0n) is 8.53. The highest BCUT2D eigenvalue weighted by Gasteiger charge is 1.99. The Labute approximate surface area is 93.0 Å². The molecule has 0 aliphatic rings. The summed E-state index contributed by atoms with van der Waals surface area (Å²) in [5.41, 5.74) is 10.6. The predicted octanol–water partition coefficient (Wildman–Crippen LogP) is 2.65. The summed E-state index contributed by atoms with van der Waals surface area (Å²) >= 11 is 1.65. The maximum absolute atomic E-state index is 5.68. The van der Waals surface area contributed by atoms with Crippen molar-refractivity contribution in [3.63, 3.8) is 0 Å². The van der Waals surface area contributed by atoms with E-state index in [1.165, 1.54) is 10.4 Å². The fourth-order valence-electron chi connectivity index (χ4n) is 1.40. The van der Waals surface area contributed by atoms with Crippen LogP contribution in [0.3, 0.4) is 0 Å². The number of hydrogen-bond acceptors (Lipinski definition) is 4. The number of rotatable bonds is 3. The second-order valence-corrected chi connectivity index (χ2v) is 4.37. The van der Waals surface area contributed by atoms with Gasteiger partial charge in [0.1, 0.15) is 0 Å². The molecule has 4 heteroatoms. The number of nitrogen functional groups attached to an aromatic ring is 1. The Morgan fingerprint density at radius 1 is 1.47 bits per heavy atom. The van der Waals surface area contributed by atoms with Crippen molar-refractivity contribution in [1.82, 2.24) is 4.98 Å². The average Bonchev–Trinajstić information content (AvgIpc) is 2.69. The number of thiazole rings is 1. The number of nitrogens with zero attached hydrogens (tertiary/aromatic N) is 1. The van der Waals surface area contributed by atoms with Gasteiger partial charge in [0.25, 0.3) is 0 Å². The lowest BCUT2D eigenvalue weighted by Crippen LogP contribution is -1.99. The van der Waals surface area contributed by atoms with Gasteiger partial charge in [-0.2, -0.15) is 0 Å². The minimum absolute atomic E-state index is 0.802. The van der Waals surface area contributed by atoms with E-state index < -0.39 is 0 Å². The van der Waals surface area contributed by atoms with Gasteiger partial charge in [0, 0.05) is 22.4 Å². The first-order valence-electron chi connectivity index (χ1n) is 4.73. The minimum Gasteiger partial charge on any atom is -0.399 e. The third-order valence-electron chi connectivity index (χ3n) is 2.19. The van der Waals surface area contributed by atoms with Crippen LogP contribution in [0.25, 0.3) is 0 Å². The third kappa shape index (κ3) is 2.47. The molecule has 3 N–H and O–H groups in total. The van der Waals surface area contributed by atoms with Crippen LogP contribution in [0.2, 0.25) is 0 Å². The molecule has 1 aromatic carbocycles. The van der Waals surface area contributed by atoms with Gasteiger partial charge in [-0.05, 0) is 30.7 Å². The molecule has 3 nitrogen and oxygen atoms in total. The Hall–Kier alpha value is -1.55. The largest absolute Gasteiger partial charge is 0.399 e. The summed E-state index contributed by atoms with van der Waals surface area (Å²) in [6.45, 7) is 2.86. The smallest absolute Gasteiger partial charge is 0.0794 e. The SMILES string of the molecule is Cc1cc(N)ccc1NCc1cncs1. The second kappa shape index (κ2) is 4.31. The van der Waals surface area contributed by atoms with E-state index in [1.807, 2.05) is 36.8 Å². The van der Waals surface area contributed by atoms with Crippen molar-refractivity contribution in [2.45, 2.75) is 13.5 Å². The molecule has 1 heterocycles. The van der Waals surface area contributed by atoms with Crippen LogP contribution in [0.15, 0.2) is 29.9 Å². The van der Waals surface area contributed by atoms with Gasteiger partial charge in [0.05, 0.1) is 12.1 Å². The average molecular weight is 219 g/mol. The molecule has 0 saturated heterocycles. The Bertz CT molecular complexity index is 437. The Morgan fingerprint density at radius 2 is 2.33 bits per heavy atom. The number of nitrogens with one attached hydrogen (secondary N) is 1. The molecule has 0 atom stereocenters. The van der Waals surface area contributed by atoms with E-state index in [0.717, 1.165) is 17.9 Å². The molecular formula is C11H13N3S. The van der Waals surface area contributed by atoms with E-state index in [1.54, 1.807) is 11.3 Å². The molecule has 78 valence electrons. The van der Waals surface area contributed by atoms with Crippen LogP contribution < -0.4 is 11.1 Å². The summed E-state index contributed by atoms with van der Waals surface area (Å²) in [5, 5.41) is 3.36. The molecule has 2 aromatic rings. The first-order chi connectivity index (χ1) is 7.25. The van der Waals surface area contributed by atoms with E-state index in [9.17, 15) is 0 Å². The molecule has 0 radical (unpaired) electrons. The van der Waals surface area contributed by atoms with Crippen molar-refractivity contribution in [2.75, 3.05) is 11.1 Å². The highest BCUT2D eigenvalue weighted by Crippen LogP contribution is 2.18. The summed E-state index contributed by atoms with van der Waals surface area (Å²) in [6.07, 6.45) is 1.88. The van der Waals surface area contributed by atoms with Gasteiger partial charge in [0.15, 0.2) is 0 Å². The van der Waals surface area contributed by atoms with Crippen LogP contribution in [0.4, 0.5) is 11.4 Å². The molecule has 0 aliphatic carbocycles. The number of benzene rings is 1. The summed E-state index contributed by atoms with van der Waals surface area (Å²) in [7, 11) is 0. The van der Waals surface area contributed by atoms with Crippen LogP contribution in [0.1, 0.15) is 10.4 Å². The van der Waals surface area contributed by atoms with Gasteiger partial charge in [-0.25, -0.2) is 0 Å². The van der Waals surface area contributed by atoms with E-state index >= 15 is 0 Å². The number of aromatic nitrogens is 1. The standard InChI is InChI=1S/C11H13N3S/c1-8-4-9(12)2-3-11(8)14-6-10-5-13-7-15-10/h2-5,7,14H,6,12H2,1H3. The maximum Gasteiger partial charge on any atom is 0.0794 e. The quantitative estimate of drug-likeness (QED) is 0.780. The van der Waals surface area contributed by atoms with Crippen LogP contribution >= 0.6 is 11.3 Å². The zero-order chi connectivity index (χ0) is 10.7. The zero-order valence-corrected chi connectivity index (χ0v) is 9.34. The minimum atomic E-state index is 0.802. The fourth-order valence-corrected chi connectivity index (χ4v) is 1.93. The number of anilines is 2.